The van der Waals surface area contributed by atoms with Crippen LogP contribution in [0.4, 0.5) is 0 Å². The van der Waals surface area contributed by atoms with Gasteiger partial charge in [-0.25, -0.2) is 4.98 Å². The highest BCUT2D eigenvalue weighted by Crippen LogP contribution is 2.23. The summed E-state index contributed by atoms with van der Waals surface area (Å²) in [5, 5.41) is 3.02. The van der Waals surface area contributed by atoms with Crippen LogP contribution in [0, 0.1) is 5.92 Å². The monoisotopic (exact) mass is 278 g/mol. The molecular weight excluding hydrogens is 252 g/mol. The van der Waals surface area contributed by atoms with E-state index in [4.69, 9.17) is 5.73 Å². The molecule has 1 aliphatic rings. The molecule has 2 rings (SSSR count). The number of aromatic nitrogens is 2. The van der Waals surface area contributed by atoms with E-state index in [1.54, 1.807) is 0 Å². The van der Waals surface area contributed by atoms with Gasteiger partial charge in [0.25, 0.3) is 0 Å². The van der Waals surface area contributed by atoms with E-state index in [2.05, 4.69) is 28.7 Å². The first-order valence-electron chi connectivity index (χ1n) is 7.61. The second-order valence-electron chi connectivity index (χ2n) is 6.04. The van der Waals surface area contributed by atoms with Gasteiger partial charge in [-0.1, -0.05) is 13.8 Å². The Bertz CT molecular complexity index is 437. The highest BCUT2D eigenvalue weighted by molar-refractivity contribution is 5.76. The summed E-state index contributed by atoms with van der Waals surface area (Å²) in [6, 6.07) is 0.453. The minimum atomic E-state index is 0.174. The average molecular weight is 278 g/mol. The maximum atomic E-state index is 11.6. The SMILES string of the molecule is CC(C)C(CN)c1cncn1CCCC(=O)NC1CC1. The molecule has 1 saturated carbocycles. The Morgan fingerprint density at radius 2 is 2.30 bits per heavy atom. The number of hydrogen-bond acceptors (Lipinski definition) is 3. The number of imidazole rings is 1. The van der Waals surface area contributed by atoms with Gasteiger partial charge in [0.15, 0.2) is 0 Å². The molecule has 1 unspecified atom stereocenters. The van der Waals surface area contributed by atoms with E-state index < -0.39 is 0 Å². The van der Waals surface area contributed by atoms with Crippen LogP contribution in [0.5, 0.6) is 0 Å². The van der Waals surface area contributed by atoms with Gasteiger partial charge >= 0.3 is 0 Å². The molecule has 5 nitrogen and oxygen atoms in total. The third-order valence-electron chi connectivity index (χ3n) is 3.93. The number of amides is 1. The summed E-state index contributed by atoms with van der Waals surface area (Å²) < 4.78 is 2.14. The first-order valence-corrected chi connectivity index (χ1v) is 7.61. The Balaban J connectivity index is 1.83. The number of aryl methyl sites for hydroxylation is 1. The van der Waals surface area contributed by atoms with Crippen molar-refractivity contribution in [1.82, 2.24) is 14.9 Å². The number of nitrogens with two attached hydrogens (primary N) is 1. The molecule has 0 radical (unpaired) electrons. The fourth-order valence-electron chi connectivity index (χ4n) is 2.50. The maximum absolute atomic E-state index is 11.6. The number of nitrogens with zero attached hydrogens (tertiary/aromatic N) is 2. The molecule has 1 fully saturated rings. The zero-order valence-corrected chi connectivity index (χ0v) is 12.5. The van der Waals surface area contributed by atoms with Crippen LogP contribution in [0.15, 0.2) is 12.5 Å². The van der Waals surface area contributed by atoms with Gasteiger partial charge in [-0.2, -0.15) is 0 Å². The normalized spacial score (nSPS) is 16.4. The molecule has 20 heavy (non-hydrogen) atoms. The van der Waals surface area contributed by atoms with Gasteiger partial charge in [-0.15, -0.1) is 0 Å². The van der Waals surface area contributed by atoms with Crippen molar-refractivity contribution in [1.29, 1.82) is 0 Å². The first kappa shape index (κ1) is 15.0. The van der Waals surface area contributed by atoms with Gasteiger partial charge < -0.3 is 15.6 Å². The molecule has 5 heteroatoms. The summed E-state index contributed by atoms with van der Waals surface area (Å²) in [4.78, 5) is 15.9. The largest absolute Gasteiger partial charge is 0.353 e. The highest BCUT2D eigenvalue weighted by Gasteiger charge is 2.23. The minimum absolute atomic E-state index is 0.174. The Morgan fingerprint density at radius 3 is 2.90 bits per heavy atom. The molecule has 1 heterocycles. The van der Waals surface area contributed by atoms with E-state index >= 15 is 0 Å². The van der Waals surface area contributed by atoms with Gasteiger partial charge in [0.1, 0.15) is 0 Å². The highest BCUT2D eigenvalue weighted by atomic mass is 16.1. The Kier molecular flexibility index (Phi) is 5.17. The van der Waals surface area contributed by atoms with E-state index in [1.165, 1.54) is 5.69 Å². The molecule has 0 aromatic carbocycles. The number of carbonyl (C=O) groups is 1. The predicted molar refractivity (Wildman–Crippen MR) is 79.3 cm³/mol. The van der Waals surface area contributed by atoms with Crippen LogP contribution in [0.1, 0.15) is 51.1 Å². The van der Waals surface area contributed by atoms with Gasteiger partial charge in [0, 0.05) is 43.4 Å². The minimum Gasteiger partial charge on any atom is -0.353 e. The Hall–Kier alpha value is -1.36. The van der Waals surface area contributed by atoms with Crippen LogP contribution in [-0.2, 0) is 11.3 Å². The zero-order chi connectivity index (χ0) is 14.5. The summed E-state index contributed by atoms with van der Waals surface area (Å²) in [5.74, 6) is 1.000. The van der Waals surface area contributed by atoms with E-state index in [-0.39, 0.29) is 5.91 Å². The van der Waals surface area contributed by atoms with E-state index in [9.17, 15) is 4.79 Å². The second kappa shape index (κ2) is 6.88. The molecule has 0 bridgehead atoms. The topological polar surface area (TPSA) is 72.9 Å². The van der Waals surface area contributed by atoms with Crippen molar-refractivity contribution in [3.05, 3.63) is 18.2 Å². The first-order chi connectivity index (χ1) is 9.61. The number of rotatable bonds is 8. The lowest BCUT2D eigenvalue weighted by molar-refractivity contribution is -0.121. The van der Waals surface area contributed by atoms with Crippen LogP contribution >= 0.6 is 0 Å². The third-order valence-corrected chi connectivity index (χ3v) is 3.93. The molecule has 0 spiro atoms. The summed E-state index contributed by atoms with van der Waals surface area (Å²) in [6.45, 7) is 5.82. The fourth-order valence-corrected chi connectivity index (χ4v) is 2.50. The molecule has 1 aliphatic carbocycles. The van der Waals surface area contributed by atoms with Crippen LogP contribution in [-0.4, -0.2) is 28.0 Å². The van der Waals surface area contributed by atoms with Crippen molar-refractivity contribution in [2.24, 2.45) is 11.7 Å². The number of nitrogens with one attached hydrogen (secondary N) is 1. The molecule has 0 aliphatic heterocycles. The molecule has 1 atom stereocenters. The van der Waals surface area contributed by atoms with E-state index in [0.29, 0.717) is 30.8 Å². The molecule has 0 saturated heterocycles. The predicted octanol–water partition coefficient (Wildman–Crippen LogP) is 1.64. The van der Waals surface area contributed by atoms with Gasteiger partial charge in [-0.3, -0.25) is 4.79 Å². The smallest absolute Gasteiger partial charge is 0.220 e. The average Bonchev–Trinajstić information content (AvgIpc) is 3.08. The van der Waals surface area contributed by atoms with Crippen LogP contribution in [0.3, 0.4) is 0 Å². The quantitative estimate of drug-likeness (QED) is 0.759. The van der Waals surface area contributed by atoms with Crippen molar-refractivity contribution in [2.45, 2.75) is 58.0 Å². The molecule has 1 amide bonds. The molecule has 1 aromatic rings. The molecule has 1 aromatic heterocycles. The lowest BCUT2D eigenvalue weighted by Crippen LogP contribution is -2.25. The van der Waals surface area contributed by atoms with Gasteiger partial charge in [0.05, 0.1) is 6.33 Å². The van der Waals surface area contributed by atoms with Crippen LogP contribution in [0.2, 0.25) is 0 Å². The van der Waals surface area contributed by atoms with Crippen molar-refractivity contribution in [3.63, 3.8) is 0 Å². The van der Waals surface area contributed by atoms with E-state index in [1.807, 2.05) is 12.5 Å². The van der Waals surface area contributed by atoms with Crippen molar-refractivity contribution >= 4 is 5.91 Å². The lowest BCUT2D eigenvalue weighted by Gasteiger charge is -2.20. The maximum Gasteiger partial charge on any atom is 0.220 e. The van der Waals surface area contributed by atoms with Gasteiger partial charge in [0.2, 0.25) is 5.91 Å². The third kappa shape index (κ3) is 4.07. The fraction of sp³-hybridized carbons (Fsp3) is 0.733. The second-order valence-corrected chi connectivity index (χ2v) is 6.04. The van der Waals surface area contributed by atoms with Crippen molar-refractivity contribution in [3.8, 4) is 0 Å². The van der Waals surface area contributed by atoms with Crippen molar-refractivity contribution < 1.29 is 4.79 Å². The van der Waals surface area contributed by atoms with Crippen LogP contribution < -0.4 is 11.1 Å². The zero-order valence-electron chi connectivity index (χ0n) is 12.5. The number of carbonyl (C=O) groups excluding carboxylic acids is 1. The molecule has 3 N–H and O–H groups in total. The lowest BCUT2D eigenvalue weighted by atomic mass is 9.93. The summed E-state index contributed by atoms with van der Waals surface area (Å²) in [6.07, 6.45) is 7.47. The summed E-state index contributed by atoms with van der Waals surface area (Å²) in [5.41, 5.74) is 7.05. The van der Waals surface area contributed by atoms with E-state index in [0.717, 1.165) is 25.8 Å². The molecular formula is C15H26N4O. The number of hydrogen-bond donors (Lipinski definition) is 2. The van der Waals surface area contributed by atoms with Gasteiger partial charge in [-0.05, 0) is 25.2 Å². The van der Waals surface area contributed by atoms with Crippen LogP contribution in [0.25, 0.3) is 0 Å². The van der Waals surface area contributed by atoms with Crippen molar-refractivity contribution in [2.75, 3.05) is 6.54 Å². The summed E-state index contributed by atoms with van der Waals surface area (Å²) in [7, 11) is 0. The standard InChI is InChI=1S/C15H26N4O/c1-11(2)13(8-16)14-9-17-10-19(14)7-3-4-15(20)18-12-5-6-12/h9-13H,3-8,16H2,1-2H3,(H,18,20). The summed E-state index contributed by atoms with van der Waals surface area (Å²) >= 11 is 0. The molecule has 112 valence electrons. The Morgan fingerprint density at radius 1 is 1.55 bits per heavy atom. The Labute approximate surface area is 120 Å².